The SMILES string of the molecule is CCn1cc(CC(=O)N[C@H](C(N)=O)c2ccccc2)c2ccccc21. The van der Waals surface area contributed by atoms with Crippen LogP contribution in [0.1, 0.15) is 24.1 Å². The molecule has 0 bridgehead atoms. The van der Waals surface area contributed by atoms with Crippen molar-refractivity contribution in [3.8, 4) is 0 Å². The van der Waals surface area contributed by atoms with Crippen molar-refractivity contribution in [2.75, 3.05) is 0 Å². The molecular formula is C20H21N3O2. The number of nitrogens with zero attached hydrogens (tertiary/aromatic N) is 1. The quantitative estimate of drug-likeness (QED) is 0.726. The van der Waals surface area contributed by atoms with E-state index in [4.69, 9.17) is 5.73 Å². The maximum Gasteiger partial charge on any atom is 0.244 e. The van der Waals surface area contributed by atoms with E-state index in [2.05, 4.69) is 16.8 Å². The number of benzene rings is 2. The number of rotatable bonds is 6. The van der Waals surface area contributed by atoms with Crippen LogP contribution in [0, 0.1) is 0 Å². The van der Waals surface area contributed by atoms with Gasteiger partial charge in [-0.05, 0) is 24.1 Å². The third-order valence-corrected chi connectivity index (χ3v) is 4.29. The fourth-order valence-electron chi connectivity index (χ4n) is 3.07. The summed E-state index contributed by atoms with van der Waals surface area (Å²) in [6, 6.07) is 16.2. The predicted molar refractivity (Wildman–Crippen MR) is 97.8 cm³/mol. The standard InChI is InChI=1S/C20H21N3O2/c1-2-23-13-15(16-10-6-7-11-17(16)23)12-18(24)22-19(20(21)25)14-8-4-3-5-9-14/h3-11,13,19H,2,12H2,1H3,(H2,21,25)(H,22,24)/t19-/m0/s1. The molecule has 3 N–H and O–H groups in total. The van der Waals surface area contributed by atoms with E-state index in [1.807, 2.05) is 48.7 Å². The molecule has 0 fully saturated rings. The second kappa shape index (κ2) is 7.21. The molecule has 1 heterocycles. The van der Waals surface area contributed by atoms with Crippen LogP contribution in [0.5, 0.6) is 0 Å². The lowest BCUT2D eigenvalue weighted by atomic mass is 10.1. The van der Waals surface area contributed by atoms with Crippen molar-refractivity contribution in [3.05, 3.63) is 71.9 Å². The molecule has 0 spiro atoms. The number of carbonyl (C=O) groups excluding carboxylic acids is 2. The van der Waals surface area contributed by atoms with E-state index in [1.165, 1.54) is 0 Å². The lowest BCUT2D eigenvalue weighted by Gasteiger charge is -2.15. The van der Waals surface area contributed by atoms with Crippen molar-refractivity contribution >= 4 is 22.7 Å². The Morgan fingerprint density at radius 1 is 1.08 bits per heavy atom. The molecule has 0 unspecified atom stereocenters. The summed E-state index contributed by atoms with van der Waals surface area (Å²) in [5, 5.41) is 3.80. The van der Waals surface area contributed by atoms with Gasteiger partial charge in [-0.1, -0.05) is 48.5 Å². The minimum absolute atomic E-state index is 0.199. The number of hydrogen-bond acceptors (Lipinski definition) is 2. The van der Waals surface area contributed by atoms with Gasteiger partial charge in [-0.3, -0.25) is 9.59 Å². The zero-order valence-electron chi connectivity index (χ0n) is 14.1. The van der Waals surface area contributed by atoms with E-state index in [0.717, 1.165) is 23.0 Å². The molecule has 5 nitrogen and oxygen atoms in total. The average Bonchev–Trinajstić information content (AvgIpc) is 2.98. The topological polar surface area (TPSA) is 77.1 Å². The normalized spacial score (nSPS) is 12.0. The highest BCUT2D eigenvalue weighted by Gasteiger charge is 2.21. The van der Waals surface area contributed by atoms with Crippen LogP contribution in [-0.4, -0.2) is 16.4 Å². The number of primary amides is 1. The predicted octanol–water partition coefficient (Wildman–Crippen LogP) is 2.55. The monoisotopic (exact) mass is 335 g/mol. The fraction of sp³-hybridized carbons (Fsp3) is 0.200. The number of aromatic nitrogens is 1. The van der Waals surface area contributed by atoms with Gasteiger partial charge in [-0.2, -0.15) is 0 Å². The zero-order chi connectivity index (χ0) is 17.8. The van der Waals surface area contributed by atoms with E-state index in [-0.39, 0.29) is 12.3 Å². The van der Waals surface area contributed by atoms with Gasteiger partial charge in [0.15, 0.2) is 0 Å². The van der Waals surface area contributed by atoms with Crippen LogP contribution >= 0.6 is 0 Å². The van der Waals surface area contributed by atoms with Crippen molar-refractivity contribution in [2.24, 2.45) is 5.73 Å². The Labute approximate surface area is 146 Å². The summed E-state index contributed by atoms with van der Waals surface area (Å²) >= 11 is 0. The Bertz CT molecular complexity index is 900. The van der Waals surface area contributed by atoms with Crippen LogP contribution in [0.2, 0.25) is 0 Å². The first-order valence-corrected chi connectivity index (χ1v) is 8.30. The first-order chi connectivity index (χ1) is 12.1. The van der Waals surface area contributed by atoms with Crippen molar-refractivity contribution in [3.63, 3.8) is 0 Å². The van der Waals surface area contributed by atoms with E-state index in [1.54, 1.807) is 12.1 Å². The summed E-state index contributed by atoms with van der Waals surface area (Å²) in [6.07, 6.45) is 2.19. The van der Waals surface area contributed by atoms with Gasteiger partial charge in [-0.25, -0.2) is 0 Å². The number of nitrogens with one attached hydrogen (secondary N) is 1. The molecule has 0 radical (unpaired) electrons. The van der Waals surface area contributed by atoms with Gasteiger partial charge in [0.2, 0.25) is 11.8 Å². The summed E-state index contributed by atoms with van der Waals surface area (Å²) in [4.78, 5) is 24.3. The highest BCUT2D eigenvalue weighted by atomic mass is 16.2. The number of carbonyl (C=O) groups is 2. The van der Waals surface area contributed by atoms with Crippen LogP contribution in [0.4, 0.5) is 0 Å². The first kappa shape index (κ1) is 16.8. The van der Waals surface area contributed by atoms with E-state index in [9.17, 15) is 9.59 Å². The first-order valence-electron chi connectivity index (χ1n) is 8.30. The van der Waals surface area contributed by atoms with Crippen LogP contribution in [-0.2, 0) is 22.6 Å². The summed E-state index contributed by atoms with van der Waals surface area (Å²) < 4.78 is 2.11. The fourth-order valence-corrected chi connectivity index (χ4v) is 3.07. The van der Waals surface area contributed by atoms with E-state index < -0.39 is 11.9 Å². The van der Waals surface area contributed by atoms with E-state index >= 15 is 0 Å². The lowest BCUT2D eigenvalue weighted by Crippen LogP contribution is -2.38. The number of fused-ring (bicyclic) bond motifs is 1. The third kappa shape index (κ3) is 3.55. The largest absolute Gasteiger partial charge is 0.368 e. The second-order valence-corrected chi connectivity index (χ2v) is 5.95. The molecule has 128 valence electrons. The van der Waals surface area contributed by atoms with Crippen LogP contribution in [0.3, 0.4) is 0 Å². The molecule has 0 aliphatic heterocycles. The number of hydrogen-bond donors (Lipinski definition) is 2. The molecule has 3 aromatic rings. The Morgan fingerprint density at radius 3 is 2.44 bits per heavy atom. The zero-order valence-corrected chi connectivity index (χ0v) is 14.1. The van der Waals surface area contributed by atoms with Gasteiger partial charge in [0.25, 0.3) is 0 Å². The van der Waals surface area contributed by atoms with Gasteiger partial charge in [0, 0.05) is 23.6 Å². The summed E-state index contributed by atoms with van der Waals surface area (Å²) in [5.74, 6) is -0.804. The number of amides is 2. The Balaban J connectivity index is 1.81. The molecular weight excluding hydrogens is 314 g/mol. The molecule has 1 atom stereocenters. The summed E-state index contributed by atoms with van der Waals surface area (Å²) in [6.45, 7) is 2.89. The van der Waals surface area contributed by atoms with Gasteiger partial charge in [0.1, 0.15) is 6.04 Å². The maximum atomic E-state index is 12.5. The summed E-state index contributed by atoms with van der Waals surface area (Å²) in [5.41, 5.74) is 8.18. The van der Waals surface area contributed by atoms with Gasteiger partial charge in [-0.15, -0.1) is 0 Å². The smallest absolute Gasteiger partial charge is 0.244 e. The molecule has 2 amide bonds. The average molecular weight is 335 g/mol. The molecule has 25 heavy (non-hydrogen) atoms. The van der Waals surface area contributed by atoms with Crippen molar-refractivity contribution in [2.45, 2.75) is 25.9 Å². The Morgan fingerprint density at radius 2 is 1.76 bits per heavy atom. The molecule has 0 aliphatic carbocycles. The Kier molecular flexibility index (Phi) is 4.84. The van der Waals surface area contributed by atoms with E-state index in [0.29, 0.717) is 5.56 Å². The van der Waals surface area contributed by atoms with Gasteiger partial charge < -0.3 is 15.6 Å². The number of nitrogens with two attached hydrogens (primary N) is 1. The van der Waals surface area contributed by atoms with Crippen LogP contribution < -0.4 is 11.1 Å². The second-order valence-electron chi connectivity index (χ2n) is 5.95. The third-order valence-electron chi connectivity index (χ3n) is 4.29. The molecule has 5 heteroatoms. The number of para-hydroxylation sites is 1. The maximum absolute atomic E-state index is 12.5. The minimum atomic E-state index is -0.826. The van der Waals surface area contributed by atoms with Crippen LogP contribution in [0.25, 0.3) is 10.9 Å². The van der Waals surface area contributed by atoms with Crippen molar-refractivity contribution in [1.29, 1.82) is 0 Å². The summed E-state index contributed by atoms with van der Waals surface area (Å²) in [7, 11) is 0. The van der Waals surface area contributed by atoms with Crippen molar-refractivity contribution < 1.29 is 9.59 Å². The molecule has 3 rings (SSSR count). The molecule has 0 aliphatic rings. The Hall–Kier alpha value is -3.08. The van der Waals surface area contributed by atoms with Crippen molar-refractivity contribution in [1.82, 2.24) is 9.88 Å². The number of aryl methyl sites for hydroxylation is 1. The minimum Gasteiger partial charge on any atom is -0.368 e. The highest BCUT2D eigenvalue weighted by Crippen LogP contribution is 2.22. The molecule has 0 saturated carbocycles. The highest BCUT2D eigenvalue weighted by molar-refractivity contribution is 5.92. The van der Waals surface area contributed by atoms with Gasteiger partial charge in [0.05, 0.1) is 6.42 Å². The van der Waals surface area contributed by atoms with Gasteiger partial charge >= 0.3 is 0 Å². The molecule has 2 aromatic carbocycles. The molecule has 0 saturated heterocycles. The lowest BCUT2D eigenvalue weighted by molar-refractivity contribution is -0.127. The molecule has 1 aromatic heterocycles. The van der Waals surface area contributed by atoms with Crippen LogP contribution in [0.15, 0.2) is 60.8 Å².